The number of imidazole rings is 3. The van der Waals surface area contributed by atoms with Crippen LogP contribution in [-0.2, 0) is 20.1 Å². The zero-order valence-corrected chi connectivity index (χ0v) is 13.7. The van der Waals surface area contributed by atoms with Crippen LogP contribution in [0.1, 0.15) is 26.7 Å². The Hall–Kier alpha value is -2.37. The summed E-state index contributed by atoms with van der Waals surface area (Å²) in [4.78, 5) is 11.6. The summed E-state index contributed by atoms with van der Waals surface area (Å²) in [5, 5.41) is 0. The first-order valence-corrected chi connectivity index (χ1v) is 7.59. The fraction of sp³-hybridized carbons (Fsp3) is 0.438. The van der Waals surface area contributed by atoms with Gasteiger partial charge in [0.05, 0.1) is 19.0 Å². The molecule has 6 heteroatoms. The largest absolute Gasteiger partial charge is 0.341 e. The first-order valence-electron chi connectivity index (χ1n) is 7.59. The van der Waals surface area contributed by atoms with E-state index in [0.29, 0.717) is 0 Å². The third-order valence-electron chi connectivity index (χ3n) is 2.89. The van der Waals surface area contributed by atoms with Crippen LogP contribution in [0.15, 0.2) is 56.2 Å². The molecule has 3 aromatic heterocycles. The van der Waals surface area contributed by atoms with Crippen LogP contribution >= 0.6 is 0 Å². The molecule has 0 unspecified atom stereocenters. The van der Waals surface area contributed by atoms with Gasteiger partial charge in [0.25, 0.3) is 0 Å². The lowest BCUT2D eigenvalue weighted by atomic mass is 10.3. The van der Waals surface area contributed by atoms with Crippen molar-refractivity contribution < 1.29 is 0 Å². The average molecular weight is 302 g/mol. The lowest BCUT2D eigenvalue weighted by molar-refractivity contribution is 0.631. The number of hydrogen-bond acceptors (Lipinski definition) is 3. The van der Waals surface area contributed by atoms with Crippen molar-refractivity contribution in [2.75, 3.05) is 0 Å². The maximum atomic E-state index is 3.94. The van der Waals surface area contributed by atoms with Crippen LogP contribution in [-0.4, -0.2) is 28.7 Å². The summed E-state index contributed by atoms with van der Waals surface area (Å²) in [5.74, 6) is 0. The fourth-order valence-corrected chi connectivity index (χ4v) is 1.56. The van der Waals surface area contributed by atoms with Crippen LogP contribution in [0.4, 0.5) is 0 Å². The number of nitrogens with zero attached hydrogens (tertiary/aromatic N) is 6. The molecule has 3 rings (SSSR count). The maximum Gasteiger partial charge on any atom is 0.0945 e. The van der Waals surface area contributed by atoms with Crippen LogP contribution in [0.5, 0.6) is 0 Å². The van der Waals surface area contributed by atoms with Crippen LogP contribution in [0, 0.1) is 0 Å². The van der Waals surface area contributed by atoms with Gasteiger partial charge in [-0.2, -0.15) is 0 Å². The molecule has 6 nitrogen and oxygen atoms in total. The minimum absolute atomic E-state index is 1.01. The van der Waals surface area contributed by atoms with Crippen LogP contribution in [0.2, 0.25) is 0 Å². The summed E-state index contributed by atoms with van der Waals surface area (Å²) in [7, 11) is 1.94. The number of hydrogen-bond donors (Lipinski definition) is 0. The van der Waals surface area contributed by atoms with Gasteiger partial charge in [-0.05, 0) is 13.3 Å². The SMILES string of the molecule is CCCCn1ccnc1.CCn1ccnc1.Cn1ccnc1. The lowest BCUT2D eigenvalue weighted by Crippen LogP contribution is -1.92. The highest BCUT2D eigenvalue weighted by molar-refractivity contribution is 4.73. The van der Waals surface area contributed by atoms with E-state index in [1.165, 1.54) is 12.8 Å². The monoisotopic (exact) mass is 302 g/mol. The van der Waals surface area contributed by atoms with Crippen molar-refractivity contribution in [3.63, 3.8) is 0 Å². The second-order valence-corrected chi connectivity index (χ2v) is 4.78. The quantitative estimate of drug-likeness (QED) is 0.744. The second kappa shape index (κ2) is 11.3. The summed E-state index contributed by atoms with van der Waals surface area (Å²) in [6.07, 6.45) is 19.1. The summed E-state index contributed by atoms with van der Waals surface area (Å²) in [6.45, 7) is 6.40. The predicted molar refractivity (Wildman–Crippen MR) is 88.2 cm³/mol. The molecule has 0 aliphatic rings. The standard InChI is InChI=1S/C7H12N2.C5H8N2.C4H6N2/c1-2-3-5-9-6-4-8-7-9;1-2-7-4-3-6-5-7;1-6-3-2-5-4-6/h4,6-7H,2-3,5H2,1H3;3-5H,2H2,1H3;2-4H,1H3. The molecule has 0 N–H and O–H groups in total. The van der Waals surface area contributed by atoms with Crippen molar-refractivity contribution in [2.45, 2.75) is 39.8 Å². The number of rotatable bonds is 4. The van der Waals surface area contributed by atoms with Crippen molar-refractivity contribution in [1.29, 1.82) is 0 Å². The smallest absolute Gasteiger partial charge is 0.0945 e. The Labute approximate surface area is 132 Å². The predicted octanol–water partition coefficient (Wildman–Crippen LogP) is 3.01. The Balaban J connectivity index is 0.000000169. The maximum absolute atomic E-state index is 3.94. The van der Waals surface area contributed by atoms with Gasteiger partial charge in [-0.1, -0.05) is 13.3 Å². The fourth-order valence-electron chi connectivity index (χ4n) is 1.56. The van der Waals surface area contributed by atoms with Crippen LogP contribution in [0.3, 0.4) is 0 Å². The van der Waals surface area contributed by atoms with Gasteiger partial charge in [0.1, 0.15) is 0 Å². The number of aryl methyl sites for hydroxylation is 3. The van der Waals surface area contributed by atoms with E-state index in [4.69, 9.17) is 0 Å². The molecule has 0 amide bonds. The molecule has 0 spiro atoms. The Kier molecular flexibility index (Phi) is 9.09. The topological polar surface area (TPSA) is 53.5 Å². The van der Waals surface area contributed by atoms with E-state index in [9.17, 15) is 0 Å². The van der Waals surface area contributed by atoms with Gasteiger partial charge in [-0.15, -0.1) is 0 Å². The second-order valence-electron chi connectivity index (χ2n) is 4.78. The summed E-state index contributed by atoms with van der Waals surface area (Å²) in [5.41, 5.74) is 0. The van der Waals surface area contributed by atoms with Gasteiger partial charge < -0.3 is 13.7 Å². The van der Waals surface area contributed by atoms with Crippen molar-refractivity contribution >= 4 is 0 Å². The summed E-state index contributed by atoms with van der Waals surface area (Å²) < 4.78 is 6.00. The molecule has 0 aliphatic carbocycles. The molecule has 3 heterocycles. The third-order valence-corrected chi connectivity index (χ3v) is 2.89. The molecule has 22 heavy (non-hydrogen) atoms. The van der Waals surface area contributed by atoms with Crippen molar-refractivity contribution in [3.8, 4) is 0 Å². The molecule has 0 aliphatic heterocycles. The Morgan fingerprint density at radius 2 is 1.36 bits per heavy atom. The van der Waals surface area contributed by atoms with Gasteiger partial charge >= 0.3 is 0 Å². The number of unbranched alkanes of at least 4 members (excludes halogenated alkanes) is 1. The van der Waals surface area contributed by atoms with Gasteiger partial charge in [0, 0.05) is 57.3 Å². The van der Waals surface area contributed by atoms with E-state index in [-0.39, 0.29) is 0 Å². The van der Waals surface area contributed by atoms with E-state index in [0.717, 1.165) is 13.1 Å². The normalized spacial score (nSPS) is 9.41. The van der Waals surface area contributed by atoms with Crippen molar-refractivity contribution in [3.05, 3.63) is 56.2 Å². The first-order chi connectivity index (χ1) is 10.8. The van der Waals surface area contributed by atoms with Gasteiger partial charge in [-0.25, -0.2) is 15.0 Å². The van der Waals surface area contributed by atoms with E-state index >= 15 is 0 Å². The molecule has 0 aromatic carbocycles. The van der Waals surface area contributed by atoms with Gasteiger partial charge in [0.15, 0.2) is 0 Å². The third kappa shape index (κ3) is 8.04. The van der Waals surface area contributed by atoms with E-state index in [1.54, 1.807) is 25.0 Å². The zero-order chi connectivity index (χ0) is 16.0. The highest BCUT2D eigenvalue weighted by atomic mass is 15.0. The molecule has 120 valence electrons. The molecule has 0 atom stereocenters. The summed E-state index contributed by atoms with van der Waals surface area (Å²) in [6, 6.07) is 0. The lowest BCUT2D eigenvalue weighted by Gasteiger charge is -1.96. The molecular formula is C16H26N6. The molecule has 0 saturated heterocycles. The van der Waals surface area contributed by atoms with Gasteiger partial charge in [-0.3, -0.25) is 0 Å². The molecular weight excluding hydrogens is 276 g/mol. The average Bonchev–Trinajstić information content (AvgIpc) is 3.29. The molecule has 0 fully saturated rings. The number of aromatic nitrogens is 6. The van der Waals surface area contributed by atoms with Crippen LogP contribution in [0.25, 0.3) is 0 Å². The van der Waals surface area contributed by atoms with Crippen molar-refractivity contribution in [2.24, 2.45) is 7.05 Å². The Morgan fingerprint density at radius 3 is 1.68 bits per heavy atom. The highest BCUT2D eigenvalue weighted by Crippen LogP contribution is 1.92. The minimum atomic E-state index is 1.01. The molecule has 0 saturated carbocycles. The Bertz CT molecular complexity index is 540. The van der Waals surface area contributed by atoms with Gasteiger partial charge in [0.2, 0.25) is 0 Å². The Morgan fingerprint density at radius 1 is 0.773 bits per heavy atom. The van der Waals surface area contributed by atoms with Crippen LogP contribution < -0.4 is 0 Å². The molecule has 0 radical (unpaired) electrons. The summed E-state index contributed by atoms with van der Waals surface area (Å²) >= 11 is 0. The van der Waals surface area contributed by atoms with E-state index in [1.807, 2.05) is 47.3 Å². The van der Waals surface area contributed by atoms with Crippen molar-refractivity contribution in [1.82, 2.24) is 28.7 Å². The van der Waals surface area contributed by atoms with E-state index in [2.05, 4.69) is 33.4 Å². The zero-order valence-electron chi connectivity index (χ0n) is 13.7. The molecule has 3 aromatic rings. The first kappa shape index (κ1) is 17.7. The molecule has 0 bridgehead atoms. The minimum Gasteiger partial charge on any atom is -0.341 e. The van der Waals surface area contributed by atoms with E-state index < -0.39 is 0 Å². The highest BCUT2D eigenvalue weighted by Gasteiger charge is 1.85.